The van der Waals surface area contributed by atoms with Gasteiger partial charge in [0, 0.05) is 38.6 Å². The van der Waals surface area contributed by atoms with Crippen molar-refractivity contribution in [3.63, 3.8) is 0 Å². The molecule has 0 aromatic heterocycles. The number of hydrogen-bond acceptors (Lipinski definition) is 8. The molecule has 0 unspecified atom stereocenters. The summed E-state index contributed by atoms with van der Waals surface area (Å²) in [6, 6.07) is -2.21. The highest BCUT2D eigenvalue weighted by Crippen LogP contribution is 2.22. The maximum Gasteiger partial charge on any atom is 0.408 e. The number of allylic oxidation sites excluding steroid dienone is 4. The second-order valence-electron chi connectivity index (χ2n) is 17.2. The third-order valence-corrected chi connectivity index (χ3v) is 9.04. The Balaban J connectivity index is 2.78. The molecular weight excluding hydrogens is 713 g/mol. The van der Waals surface area contributed by atoms with Crippen molar-refractivity contribution in [3.05, 3.63) is 24.3 Å². The van der Waals surface area contributed by atoms with E-state index in [9.17, 15) is 24.0 Å². The number of hydrogen-bond donors (Lipinski definition) is 4. The number of unbranched alkanes of at least 4 members (excludes halogenated alkanes) is 9. The average molecular weight is 791 g/mol. The third kappa shape index (κ3) is 25.5. The standard InChI is InChI=1S/C43H78N6O7/c1-10-11-12-13-14-15-16-17-18-19-20-21-22-23-24-28-37(50)46-34-32-36(38(51)44-30-31-48(8)9)49(33-34)39(52)35(47-41(54)56-43(5,6)7)27-25-26-29-45-40(53)55-42(2,3)4/h14-15,17-18,34-36H,10-13,16,19-33H2,1-9H3,(H,44,51)(H,45,53)(H,46,50)(H,47,54)/b15-14-,18-17-/t34-,35+,36-/m0/s1. The first-order chi connectivity index (χ1) is 26.4. The van der Waals surface area contributed by atoms with E-state index in [2.05, 4.69) is 52.5 Å². The van der Waals surface area contributed by atoms with Crippen molar-refractivity contribution in [1.82, 2.24) is 31.1 Å². The molecule has 0 bridgehead atoms. The molecule has 13 heteroatoms. The highest BCUT2D eigenvalue weighted by atomic mass is 16.6. The van der Waals surface area contributed by atoms with Gasteiger partial charge in [-0.15, -0.1) is 0 Å². The van der Waals surface area contributed by atoms with Crippen LogP contribution < -0.4 is 21.3 Å². The van der Waals surface area contributed by atoms with Gasteiger partial charge in [-0.2, -0.15) is 0 Å². The van der Waals surface area contributed by atoms with Crippen molar-refractivity contribution in [3.8, 4) is 0 Å². The molecule has 4 N–H and O–H groups in total. The summed E-state index contributed by atoms with van der Waals surface area (Å²) in [6.45, 7) is 14.3. The van der Waals surface area contributed by atoms with Crippen LogP contribution in [-0.2, 0) is 23.9 Å². The number of alkyl carbamates (subject to hydrolysis) is 2. The van der Waals surface area contributed by atoms with Crippen LogP contribution in [0.4, 0.5) is 9.59 Å². The Kier molecular flexibility index (Phi) is 25.1. The molecule has 56 heavy (non-hydrogen) atoms. The van der Waals surface area contributed by atoms with Crippen molar-refractivity contribution in [2.75, 3.05) is 40.3 Å². The van der Waals surface area contributed by atoms with Crippen molar-refractivity contribution >= 4 is 29.9 Å². The lowest BCUT2D eigenvalue weighted by Crippen LogP contribution is -2.54. The molecule has 13 nitrogen and oxygen atoms in total. The van der Waals surface area contributed by atoms with Gasteiger partial charge in [0.15, 0.2) is 0 Å². The summed E-state index contributed by atoms with van der Waals surface area (Å²) in [5, 5.41) is 11.5. The van der Waals surface area contributed by atoms with Crippen LogP contribution in [0.25, 0.3) is 0 Å². The SMILES string of the molecule is CCCCC/C=C\C/C=C\CCCCCCCC(=O)N[C@H]1C[C@@H](C(=O)NCCN(C)C)N(C(=O)[C@@H](CCCCNC(=O)OC(C)(C)C)NC(=O)OC(C)(C)C)C1. The van der Waals surface area contributed by atoms with Gasteiger partial charge in [0.1, 0.15) is 23.3 Å². The molecule has 1 aliphatic heterocycles. The van der Waals surface area contributed by atoms with E-state index in [1.165, 1.54) is 30.6 Å². The van der Waals surface area contributed by atoms with Gasteiger partial charge in [0.25, 0.3) is 0 Å². The lowest BCUT2D eigenvalue weighted by atomic mass is 10.1. The summed E-state index contributed by atoms with van der Waals surface area (Å²) in [6.07, 6.45) is 21.8. The highest BCUT2D eigenvalue weighted by molar-refractivity contribution is 5.92. The molecule has 0 radical (unpaired) electrons. The van der Waals surface area contributed by atoms with Gasteiger partial charge >= 0.3 is 12.2 Å². The van der Waals surface area contributed by atoms with Crippen LogP contribution in [0.3, 0.4) is 0 Å². The van der Waals surface area contributed by atoms with Crippen molar-refractivity contribution < 1.29 is 33.4 Å². The van der Waals surface area contributed by atoms with Crippen LogP contribution in [0, 0.1) is 0 Å². The number of likely N-dealkylation sites (N-methyl/N-ethyl adjacent to an activating group) is 1. The first-order valence-corrected chi connectivity index (χ1v) is 21.2. The van der Waals surface area contributed by atoms with E-state index in [-0.39, 0.29) is 31.2 Å². The Hall–Kier alpha value is -3.61. The minimum Gasteiger partial charge on any atom is -0.444 e. The first-order valence-electron chi connectivity index (χ1n) is 21.2. The van der Waals surface area contributed by atoms with E-state index in [4.69, 9.17) is 9.47 Å². The smallest absolute Gasteiger partial charge is 0.408 e. The fraction of sp³-hybridized carbons (Fsp3) is 0.791. The fourth-order valence-corrected chi connectivity index (χ4v) is 6.24. The van der Waals surface area contributed by atoms with Crippen molar-refractivity contribution in [2.45, 2.75) is 181 Å². The van der Waals surface area contributed by atoms with Gasteiger partial charge in [-0.25, -0.2) is 9.59 Å². The Morgan fingerprint density at radius 1 is 0.750 bits per heavy atom. The van der Waals surface area contributed by atoms with E-state index in [0.717, 1.165) is 44.9 Å². The molecule has 0 aliphatic carbocycles. The highest BCUT2D eigenvalue weighted by Gasteiger charge is 2.42. The van der Waals surface area contributed by atoms with E-state index < -0.39 is 47.4 Å². The van der Waals surface area contributed by atoms with Crippen LogP contribution in [0.2, 0.25) is 0 Å². The molecule has 1 rings (SSSR count). The summed E-state index contributed by atoms with van der Waals surface area (Å²) in [7, 11) is 3.82. The monoisotopic (exact) mass is 791 g/mol. The quantitative estimate of drug-likeness (QED) is 0.0532. The average Bonchev–Trinajstić information content (AvgIpc) is 3.50. The fourth-order valence-electron chi connectivity index (χ4n) is 6.24. The number of ether oxygens (including phenoxy) is 2. The van der Waals surface area contributed by atoms with Gasteiger partial charge in [0.05, 0.1) is 0 Å². The molecule has 3 atom stereocenters. The molecule has 1 fully saturated rings. The van der Waals surface area contributed by atoms with Gasteiger partial charge in [-0.1, -0.05) is 63.3 Å². The Morgan fingerprint density at radius 2 is 1.36 bits per heavy atom. The molecule has 322 valence electrons. The lowest BCUT2D eigenvalue weighted by Gasteiger charge is -2.29. The normalized spacial score (nSPS) is 16.6. The van der Waals surface area contributed by atoms with Crippen LogP contribution in [0.15, 0.2) is 24.3 Å². The van der Waals surface area contributed by atoms with Crippen molar-refractivity contribution in [1.29, 1.82) is 0 Å². The summed E-state index contributed by atoms with van der Waals surface area (Å²) in [4.78, 5) is 69.1. The lowest BCUT2D eigenvalue weighted by molar-refractivity contribution is -0.140. The number of rotatable bonds is 26. The number of carbonyl (C=O) groups excluding carboxylic acids is 5. The number of likely N-dealkylation sites (tertiary alicyclic amines) is 1. The van der Waals surface area contributed by atoms with Crippen molar-refractivity contribution in [2.24, 2.45) is 0 Å². The van der Waals surface area contributed by atoms with E-state index in [1.807, 2.05) is 19.0 Å². The van der Waals surface area contributed by atoms with Gasteiger partial charge in [-0.05, 0) is 120 Å². The molecule has 1 heterocycles. The molecule has 0 saturated carbocycles. The van der Waals surface area contributed by atoms with E-state index in [1.54, 1.807) is 41.5 Å². The Morgan fingerprint density at radius 3 is 1.98 bits per heavy atom. The van der Waals surface area contributed by atoms with Crippen LogP contribution in [0.1, 0.15) is 151 Å². The Labute approximate surface area is 338 Å². The number of carbonyl (C=O) groups is 5. The second-order valence-corrected chi connectivity index (χ2v) is 17.2. The zero-order chi connectivity index (χ0) is 42.0. The summed E-state index contributed by atoms with van der Waals surface area (Å²) in [5.74, 6) is -0.819. The largest absolute Gasteiger partial charge is 0.444 e. The maximum atomic E-state index is 14.2. The molecule has 0 spiro atoms. The minimum absolute atomic E-state index is 0.0948. The summed E-state index contributed by atoms with van der Waals surface area (Å²) in [5.41, 5.74) is -1.40. The van der Waals surface area contributed by atoms with Crippen LogP contribution in [-0.4, -0.2) is 109 Å². The molecule has 1 saturated heterocycles. The minimum atomic E-state index is -0.981. The zero-order valence-corrected chi connectivity index (χ0v) is 36.4. The van der Waals surface area contributed by atoms with Crippen LogP contribution in [0.5, 0.6) is 0 Å². The number of nitrogens with zero attached hydrogens (tertiary/aromatic N) is 2. The maximum absolute atomic E-state index is 14.2. The molecule has 0 aromatic rings. The molecule has 1 aliphatic rings. The second kappa shape index (κ2) is 27.9. The first kappa shape index (κ1) is 50.4. The molecule has 0 aromatic carbocycles. The van der Waals surface area contributed by atoms with E-state index in [0.29, 0.717) is 38.9 Å². The number of nitrogens with one attached hydrogen (secondary N) is 4. The topological polar surface area (TPSA) is 158 Å². The molecule has 5 amide bonds. The van der Waals surface area contributed by atoms with Gasteiger partial charge < -0.3 is 40.5 Å². The summed E-state index contributed by atoms with van der Waals surface area (Å²) < 4.78 is 10.8. The third-order valence-electron chi connectivity index (χ3n) is 9.04. The predicted molar refractivity (Wildman–Crippen MR) is 224 cm³/mol. The predicted octanol–water partition coefficient (Wildman–Crippen LogP) is 7.15. The number of amides is 5. The van der Waals surface area contributed by atoms with Gasteiger partial charge in [0.2, 0.25) is 17.7 Å². The van der Waals surface area contributed by atoms with Crippen LogP contribution >= 0.6 is 0 Å². The van der Waals surface area contributed by atoms with Gasteiger partial charge in [-0.3, -0.25) is 14.4 Å². The zero-order valence-electron chi connectivity index (χ0n) is 36.4. The van der Waals surface area contributed by atoms with E-state index >= 15 is 0 Å². The molecular formula is C43H78N6O7. The summed E-state index contributed by atoms with van der Waals surface area (Å²) >= 11 is 0. The Bertz CT molecular complexity index is 1220.